The van der Waals surface area contributed by atoms with Gasteiger partial charge in [-0.2, -0.15) is 0 Å². The maximum absolute atomic E-state index is 12.7. The fraction of sp³-hybridized carbons (Fsp3) is 0.810. The summed E-state index contributed by atoms with van der Waals surface area (Å²) in [6, 6.07) is -1.50. The fourth-order valence-corrected chi connectivity index (χ4v) is 6.60. The van der Waals surface area contributed by atoms with Crippen molar-refractivity contribution in [2.45, 2.75) is 70.9 Å². The summed E-state index contributed by atoms with van der Waals surface area (Å²) in [6.07, 6.45) is 5.03. The zero-order chi connectivity index (χ0) is 22.8. The van der Waals surface area contributed by atoms with E-state index in [1.165, 1.54) is 11.8 Å². The summed E-state index contributed by atoms with van der Waals surface area (Å²) in [7, 11) is -3.16. The van der Waals surface area contributed by atoms with Crippen molar-refractivity contribution in [1.82, 2.24) is 9.80 Å². The maximum atomic E-state index is 12.7. The Labute approximate surface area is 183 Å². The van der Waals surface area contributed by atoms with Gasteiger partial charge >= 0.3 is 5.97 Å². The molecule has 2 saturated heterocycles. The molecule has 10 heteroatoms. The number of nitrogens with zero attached hydrogens (tertiary/aromatic N) is 2. The van der Waals surface area contributed by atoms with Crippen molar-refractivity contribution in [3.63, 3.8) is 0 Å². The number of rotatable bonds is 8. The van der Waals surface area contributed by atoms with Gasteiger partial charge in [-0.25, -0.2) is 13.2 Å². The molecule has 1 aliphatic carbocycles. The quantitative estimate of drug-likeness (QED) is 0.393. The van der Waals surface area contributed by atoms with Gasteiger partial charge in [-0.1, -0.05) is 26.2 Å². The van der Waals surface area contributed by atoms with Crippen molar-refractivity contribution < 1.29 is 32.3 Å². The van der Waals surface area contributed by atoms with Crippen LogP contribution in [0, 0.1) is 11.8 Å². The van der Waals surface area contributed by atoms with Gasteiger partial charge in [0.15, 0.2) is 16.4 Å². The average molecular weight is 457 g/mol. The van der Waals surface area contributed by atoms with Gasteiger partial charge in [0.25, 0.3) is 5.91 Å². The average Bonchev–Trinajstić information content (AvgIpc) is 3.22. The Hall–Kier alpha value is -1.97. The number of amides is 3. The van der Waals surface area contributed by atoms with E-state index in [1.54, 1.807) is 0 Å². The van der Waals surface area contributed by atoms with Crippen molar-refractivity contribution in [1.29, 1.82) is 0 Å². The number of hydrogen-bond acceptors (Lipinski definition) is 7. The maximum Gasteiger partial charge on any atom is 0.329 e. The highest BCUT2D eigenvalue weighted by Gasteiger charge is 2.51. The lowest BCUT2D eigenvalue weighted by Gasteiger charge is -2.28. The Bertz CT molecular complexity index is 817. The summed E-state index contributed by atoms with van der Waals surface area (Å²) < 4.78 is 28.8. The van der Waals surface area contributed by atoms with Crippen LogP contribution in [0.15, 0.2) is 0 Å². The number of ether oxygens (including phenoxy) is 1. The zero-order valence-electron chi connectivity index (χ0n) is 18.2. The molecular formula is C21H32N2O7S. The molecule has 0 aromatic rings. The first-order chi connectivity index (χ1) is 14.7. The number of carbonyl (C=O) groups is 4. The molecular weight excluding hydrogens is 424 g/mol. The molecule has 0 spiro atoms. The second-order valence-electron chi connectivity index (χ2n) is 8.83. The van der Waals surface area contributed by atoms with Gasteiger partial charge in [0, 0.05) is 12.6 Å². The smallest absolute Gasteiger partial charge is 0.329 e. The normalized spacial score (nSPS) is 28.3. The Balaban J connectivity index is 1.59. The molecule has 3 fully saturated rings. The standard InChI is InChI=1S/C21H32N2O7S/c1-3-4-10-22(15-9-11-31(28,29)13-15)18(24)12-30-21(27)14(2)23-19(25)16-7-5-6-8-17(16)20(23)26/h14-17H,3-13H2,1-2H3/t14-,15?,16?,17?/m0/s1. The molecule has 2 aliphatic heterocycles. The molecule has 0 N–H and O–H groups in total. The monoisotopic (exact) mass is 456 g/mol. The Morgan fingerprint density at radius 3 is 2.26 bits per heavy atom. The number of imide groups is 1. The van der Waals surface area contributed by atoms with E-state index < -0.39 is 40.4 Å². The molecule has 0 aromatic heterocycles. The number of hydrogen-bond donors (Lipinski definition) is 0. The summed E-state index contributed by atoms with van der Waals surface area (Å²) in [6.45, 7) is 3.28. The third kappa shape index (κ3) is 5.10. The summed E-state index contributed by atoms with van der Waals surface area (Å²) in [5, 5.41) is 0. The molecule has 3 aliphatic rings. The van der Waals surface area contributed by atoms with Crippen molar-refractivity contribution in [2.75, 3.05) is 24.7 Å². The van der Waals surface area contributed by atoms with Crippen LogP contribution in [0.2, 0.25) is 0 Å². The predicted octanol–water partition coefficient (Wildman–Crippen LogP) is 0.909. The Morgan fingerprint density at radius 1 is 1.13 bits per heavy atom. The molecule has 0 bridgehead atoms. The summed E-state index contributed by atoms with van der Waals surface area (Å²) in [5.41, 5.74) is 0. The molecule has 3 rings (SSSR count). The highest BCUT2D eigenvalue weighted by molar-refractivity contribution is 7.91. The number of likely N-dealkylation sites (tertiary alicyclic amines) is 1. The number of carbonyl (C=O) groups excluding carboxylic acids is 4. The lowest BCUT2D eigenvalue weighted by molar-refractivity contribution is -0.161. The molecule has 3 unspecified atom stereocenters. The molecule has 1 saturated carbocycles. The second-order valence-corrected chi connectivity index (χ2v) is 11.1. The van der Waals surface area contributed by atoms with E-state index in [0.717, 1.165) is 24.2 Å². The molecule has 4 atom stereocenters. The highest BCUT2D eigenvalue weighted by atomic mass is 32.2. The first-order valence-electron chi connectivity index (χ1n) is 11.2. The number of esters is 1. The molecule has 2 heterocycles. The van der Waals surface area contributed by atoms with Crippen LogP contribution >= 0.6 is 0 Å². The van der Waals surface area contributed by atoms with Crippen molar-refractivity contribution >= 4 is 33.5 Å². The van der Waals surface area contributed by atoms with Crippen LogP contribution in [0.3, 0.4) is 0 Å². The molecule has 9 nitrogen and oxygen atoms in total. The van der Waals surface area contributed by atoms with Gasteiger partial charge < -0.3 is 9.64 Å². The van der Waals surface area contributed by atoms with Gasteiger partial charge in [-0.05, 0) is 32.6 Å². The number of fused-ring (bicyclic) bond motifs is 1. The van der Waals surface area contributed by atoms with Crippen LogP contribution in [0.5, 0.6) is 0 Å². The topological polar surface area (TPSA) is 118 Å². The van der Waals surface area contributed by atoms with E-state index in [2.05, 4.69) is 0 Å². The van der Waals surface area contributed by atoms with Crippen molar-refractivity contribution in [3.8, 4) is 0 Å². The molecule has 31 heavy (non-hydrogen) atoms. The van der Waals surface area contributed by atoms with Crippen molar-refractivity contribution in [3.05, 3.63) is 0 Å². The van der Waals surface area contributed by atoms with Crippen LogP contribution in [-0.4, -0.2) is 78.6 Å². The minimum Gasteiger partial charge on any atom is -0.454 e. The van der Waals surface area contributed by atoms with E-state index in [0.29, 0.717) is 32.2 Å². The van der Waals surface area contributed by atoms with Crippen LogP contribution in [0.4, 0.5) is 0 Å². The first-order valence-corrected chi connectivity index (χ1v) is 13.0. The second kappa shape index (κ2) is 9.67. The molecule has 174 valence electrons. The van der Waals surface area contributed by atoms with Crippen LogP contribution in [0.25, 0.3) is 0 Å². The minimum absolute atomic E-state index is 0.0475. The molecule has 3 amide bonds. The third-order valence-corrected chi connectivity index (χ3v) is 8.41. The van der Waals surface area contributed by atoms with E-state index in [9.17, 15) is 27.6 Å². The largest absolute Gasteiger partial charge is 0.454 e. The Kier molecular flexibility index (Phi) is 7.39. The van der Waals surface area contributed by atoms with Gasteiger partial charge in [0.2, 0.25) is 11.8 Å². The molecule has 0 aromatic carbocycles. The third-order valence-electron chi connectivity index (χ3n) is 6.66. The lowest BCUT2D eigenvalue weighted by atomic mass is 9.81. The van der Waals surface area contributed by atoms with E-state index in [4.69, 9.17) is 4.74 Å². The van der Waals surface area contributed by atoms with E-state index in [-0.39, 0.29) is 35.2 Å². The summed E-state index contributed by atoms with van der Waals surface area (Å²) >= 11 is 0. The molecule has 0 radical (unpaired) electrons. The van der Waals surface area contributed by atoms with Crippen LogP contribution in [-0.2, 0) is 33.8 Å². The summed E-state index contributed by atoms with van der Waals surface area (Å²) in [5.74, 6) is -2.65. The van der Waals surface area contributed by atoms with Crippen LogP contribution in [0.1, 0.15) is 58.8 Å². The highest BCUT2D eigenvalue weighted by Crippen LogP contribution is 2.38. The first kappa shape index (κ1) is 23.7. The van der Waals surface area contributed by atoms with Crippen LogP contribution < -0.4 is 0 Å². The fourth-order valence-electron chi connectivity index (χ4n) is 4.87. The Morgan fingerprint density at radius 2 is 1.74 bits per heavy atom. The minimum atomic E-state index is -3.16. The van der Waals surface area contributed by atoms with Gasteiger partial charge in [0.05, 0.1) is 23.3 Å². The van der Waals surface area contributed by atoms with E-state index in [1.807, 2.05) is 6.92 Å². The number of unbranched alkanes of at least 4 members (excludes halogenated alkanes) is 1. The zero-order valence-corrected chi connectivity index (χ0v) is 19.1. The van der Waals surface area contributed by atoms with E-state index >= 15 is 0 Å². The predicted molar refractivity (Wildman–Crippen MR) is 111 cm³/mol. The summed E-state index contributed by atoms with van der Waals surface area (Å²) in [4.78, 5) is 53.1. The SMILES string of the molecule is CCCCN(C(=O)COC(=O)[C@H](C)N1C(=O)C2CCCCC2C1=O)C1CCS(=O)(=O)C1. The lowest BCUT2D eigenvalue weighted by Crippen LogP contribution is -2.47. The number of sulfone groups is 1. The van der Waals surface area contributed by atoms with Gasteiger partial charge in [0.1, 0.15) is 6.04 Å². The van der Waals surface area contributed by atoms with Crippen molar-refractivity contribution in [2.24, 2.45) is 11.8 Å². The van der Waals surface area contributed by atoms with Gasteiger partial charge in [-0.3, -0.25) is 19.3 Å². The van der Waals surface area contributed by atoms with Gasteiger partial charge in [-0.15, -0.1) is 0 Å².